The maximum Gasteiger partial charge on any atom is 0.412 e. The maximum absolute atomic E-state index is 12.5. The first-order valence-corrected chi connectivity index (χ1v) is 9.64. The van der Waals surface area contributed by atoms with Crippen LogP contribution >= 0.6 is 0 Å². The van der Waals surface area contributed by atoms with Gasteiger partial charge in [-0.15, -0.1) is 0 Å². The minimum atomic E-state index is -4.37. The smallest absolute Gasteiger partial charge is 0.412 e. The first kappa shape index (κ1) is 26.2. The lowest BCUT2D eigenvalue weighted by atomic mass is 10.0. The fraction of sp³-hybridized carbons (Fsp3) is 0.455. The van der Waals surface area contributed by atoms with Crippen molar-refractivity contribution in [1.82, 2.24) is 5.16 Å². The molecular weight excluding hydrogens is 415 g/mol. The van der Waals surface area contributed by atoms with Gasteiger partial charge in [0.05, 0.1) is 6.61 Å². The fourth-order valence-electron chi connectivity index (χ4n) is 2.09. The number of hydrogen-bond donors (Lipinski definition) is 1. The molecule has 1 heterocycles. The van der Waals surface area contributed by atoms with Gasteiger partial charge < -0.3 is 19.1 Å². The molecule has 9 heteroatoms. The molecule has 1 rings (SSSR count). The Balaban J connectivity index is 2.65. The summed E-state index contributed by atoms with van der Waals surface area (Å²) in [5.41, 5.74) is -1.05. The second kappa shape index (κ2) is 11.5. The van der Waals surface area contributed by atoms with E-state index in [1.165, 1.54) is 13.0 Å². The van der Waals surface area contributed by atoms with E-state index >= 15 is 0 Å². The Bertz CT molecular complexity index is 865. The van der Waals surface area contributed by atoms with E-state index in [-0.39, 0.29) is 13.2 Å². The second-order valence-electron chi connectivity index (χ2n) is 6.96. The van der Waals surface area contributed by atoms with Gasteiger partial charge in [0.15, 0.2) is 11.4 Å². The first-order valence-electron chi connectivity index (χ1n) is 9.64. The van der Waals surface area contributed by atoms with E-state index in [0.717, 1.165) is 13.0 Å². The van der Waals surface area contributed by atoms with Crippen molar-refractivity contribution in [2.24, 2.45) is 0 Å². The topological polar surface area (TPSA) is 81.8 Å². The van der Waals surface area contributed by atoms with Crippen LogP contribution in [0.4, 0.5) is 13.2 Å². The normalized spacial score (nSPS) is 15.9. The summed E-state index contributed by atoms with van der Waals surface area (Å²) in [5.74, 6) is -0.126. The molecule has 0 bridgehead atoms. The summed E-state index contributed by atoms with van der Waals surface area (Å²) in [6, 6.07) is 1.59. The zero-order valence-corrected chi connectivity index (χ0v) is 18.2. The van der Waals surface area contributed by atoms with Crippen LogP contribution in [0.2, 0.25) is 0 Å². The van der Waals surface area contributed by atoms with E-state index in [0.29, 0.717) is 29.2 Å². The van der Waals surface area contributed by atoms with Crippen LogP contribution in [0.5, 0.6) is 0 Å². The fourth-order valence-corrected chi connectivity index (χ4v) is 2.09. The molecule has 0 aromatic carbocycles. The monoisotopic (exact) mass is 443 g/mol. The molecule has 0 aliphatic heterocycles. The summed E-state index contributed by atoms with van der Waals surface area (Å²) in [6.07, 6.45) is 3.26. The van der Waals surface area contributed by atoms with Crippen LogP contribution in [0.1, 0.15) is 52.5 Å². The molecule has 1 aromatic rings. The predicted molar refractivity (Wildman–Crippen MR) is 110 cm³/mol. The van der Waals surface area contributed by atoms with Gasteiger partial charge in [-0.3, -0.25) is 0 Å². The van der Waals surface area contributed by atoms with Crippen molar-refractivity contribution in [2.75, 3.05) is 6.61 Å². The highest BCUT2D eigenvalue weighted by atomic mass is 19.4. The minimum Gasteiger partial charge on any atom is -0.486 e. The third kappa shape index (κ3) is 8.45. The lowest BCUT2D eigenvalue weighted by Gasteiger charge is -2.22. The van der Waals surface area contributed by atoms with Crippen LogP contribution in [0.15, 0.2) is 52.3 Å². The van der Waals surface area contributed by atoms with Crippen LogP contribution in [0, 0.1) is 0 Å². The summed E-state index contributed by atoms with van der Waals surface area (Å²) in [6.45, 7) is 7.78. The van der Waals surface area contributed by atoms with E-state index in [4.69, 9.17) is 14.0 Å². The van der Waals surface area contributed by atoms with Gasteiger partial charge >= 0.3 is 12.1 Å². The van der Waals surface area contributed by atoms with Gasteiger partial charge in [0.2, 0.25) is 0 Å². The Labute approximate surface area is 179 Å². The zero-order chi connectivity index (χ0) is 23.7. The predicted octanol–water partition coefficient (Wildman–Crippen LogP) is 5.83. The molecule has 0 aliphatic rings. The summed E-state index contributed by atoms with van der Waals surface area (Å²) >= 11 is 0. The molecule has 1 N–H and O–H groups in total. The number of hydrogen-bond acceptors (Lipinski definition) is 5. The second-order valence-corrected chi connectivity index (χ2v) is 6.96. The largest absolute Gasteiger partial charge is 0.486 e. The highest BCUT2D eigenvalue weighted by molar-refractivity contribution is 5.76. The van der Waals surface area contributed by atoms with E-state index in [9.17, 15) is 23.1 Å². The molecule has 0 saturated heterocycles. The molecule has 0 amide bonds. The van der Waals surface area contributed by atoms with Gasteiger partial charge in [-0.05, 0) is 51.8 Å². The first-order chi connectivity index (χ1) is 14.4. The highest BCUT2D eigenvalue weighted by Gasteiger charge is 2.31. The third-order valence-electron chi connectivity index (χ3n) is 4.57. The van der Waals surface area contributed by atoms with Gasteiger partial charge in [-0.25, -0.2) is 4.79 Å². The Kier molecular flexibility index (Phi) is 9.77. The number of alkyl halides is 3. The zero-order valence-electron chi connectivity index (χ0n) is 18.2. The number of rotatable bonds is 11. The number of nitrogens with zero attached hydrogens (tertiary/aromatic N) is 1. The summed E-state index contributed by atoms with van der Waals surface area (Å²) in [5, 5.41) is 13.0. The van der Waals surface area contributed by atoms with Crippen LogP contribution in [0.3, 0.4) is 0 Å². The molecule has 1 unspecified atom stereocenters. The third-order valence-corrected chi connectivity index (χ3v) is 4.57. The van der Waals surface area contributed by atoms with E-state index in [1.54, 1.807) is 45.1 Å². The van der Waals surface area contributed by atoms with Crippen molar-refractivity contribution >= 4 is 11.5 Å². The van der Waals surface area contributed by atoms with Gasteiger partial charge in [-0.1, -0.05) is 30.3 Å². The summed E-state index contributed by atoms with van der Waals surface area (Å²) in [4.78, 5) is 11.2. The van der Waals surface area contributed by atoms with Crippen LogP contribution in [-0.4, -0.2) is 34.6 Å². The number of carboxylic acids is 1. The summed E-state index contributed by atoms with van der Waals surface area (Å²) in [7, 11) is 0. The Morgan fingerprint density at radius 2 is 1.97 bits per heavy atom. The number of carboxylic acid groups (broad SMARTS) is 1. The number of allylic oxidation sites excluding steroid dienone is 6. The molecule has 0 fully saturated rings. The van der Waals surface area contributed by atoms with Crippen molar-refractivity contribution in [3.05, 3.63) is 59.2 Å². The lowest BCUT2D eigenvalue weighted by molar-refractivity contribution is -0.162. The highest BCUT2D eigenvalue weighted by Crippen LogP contribution is 2.25. The van der Waals surface area contributed by atoms with E-state index in [1.807, 2.05) is 0 Å². The molecule has 172 valence electrons. The van der Waals surface area contributed by atoms with Crippen molar-refractivity contribution in [1.29, 1.82) is 0 Å². The van der Waals surface area contributed by atoms with Crippen LogP contribution in [0.25, 0.3) is 5.57 Å². The molecule has 1 atom stereocenters. The lowest BCUT2D eigenvalue weighted by Crippen LogP contribution is -2.37. The quantitative estimate of drug-likeness (QED) is 0.342. The summed E-state index contributed by atoms with van der Waals surface area (Å²) < 4.78 is 53.8. The Morgan fingerprint density at radius 3 is 2.52 bits per heavy atom. The van der Waals surface area contributed by atoms with Crippen molar-refractivity contribution in [3.63, 3.8) is 0 Å². The average molecular weight is 443 g/mol. The average Bonchev–Trinajstić information content (AvgIpc) is 3.19. The number of aliphatic carboxylic acids is 1. The molecule has 0 radical (unpaired) electrons. The molecular formula is C22H28F3NO5. The molecule has 31 heavy (non-hydrogen) atoms. The Morgan fingerprint density at radius 1 is 1.29 bits per heavy atom. The molecule has 0 spiro atoms. The number of halogens is 3. The molecule has 1 aromatic heterocycles. The van der Waals surface area contributed by atoms with Gasteiger partial charge in [-0.2, -0.15) is 13.2 Å². The molecule has 6 nitrogen and oxygen atoms in total. The Hall–Kier alpha value is -2.81. The molecule has 0 aliphatic carbocycles. The number of aromatic nitrogens is 1. The maximum atomic E-state index is 12.5. The van der Waals surface area contributed by atoms with Crippen molar-refractivity contribution < 1.29 is 37.1 Å². The van der Waals surface area contributed by atoms with Crippen molar-refractivity contribution in [2.45, 2.75) is 59.4 Å². The SMILES string of the molecule is C/C=C(\C=C/COC(C)(CC)C(=O)O)OCc1cc(/C(C)=C/C=C(\C)C(F)(F)F)no1. The van der Waals surface area contributed by atoms with Crippen LogP contribution in [-0.2, 0) is 20.9 Å². The van der Waals surface area contributed by atoms with E-state index in [2.05, 4.69) is 5.16 Å². The standard InChI is InChI=1S/C22H28F3NO5/c1-6-17(9-8-12-30-21(5,7-2)20(27)28)29-14-18-13-19(26-31-18)15(3)10-11-16(4)22(23,24)25/h6,8-11,13H,7,12,14H2,1-5H3,(H,27,28)/b9-8-,15-10+,16-11+,17-6+. The minimum absolute atomic E-state index is 0.0599. The van der Waals surface area contributed by atoms with Gasteiger partial charge in [0.25, 0.3) is 0 Å². The van der Waals surface area contributed by atoms with Gasteiger partial charge in [0, 0.05) is 11.6 Å². The molecule has 0 saturated carbocycles. The number of carbonyl (C=O) groups is 1. The van der Waals surface area contributed by atoms with Crippen LogP contribution < -0.4 is 0 Å². The van der Waals surface area contributed by atoms with Gasteiger partial charge in [0.1, 0.15) is 18.1 Å². The van der Waals surface area contributed by atoms with Crippen molar-refractivity contribution in [3.8, 4) is 0 Å². The number of ether oxygens (including phenoxy) is 2. The van der Waals surface area contributed by atoms with E-state index < -0.39 is 23.3 Å².